The van der Waals surface area contributed by atoms with Gasteiger partial charge in [0.25, 0.3) is 0 Å². The van der Waals surface area contributed by atoms with Gasteiger partial charge < -0.3 is 14.4 Å². The summed E-state index contributed by atoms with van der Waals surface area (Å²) in [6.45, 7) is 0.968. The van der Waals surface area contributed by atoms with Gasteiger partial charge in [0.2, 0.25) is 5.91 Å². The first kappa shape index (κ1) is 19.7. The predicted molar refractivity (Wildman–Crippen MR) is 97.4 cm³/mol. The summed E-state index contributed by atoms with van der Waals surface area (Å²) in [7, 11) is 5.62. The predicted octanol–water partition coefficient (Wildman–Crippen LogP) is 2.26. The van der Waals surface area contributed by atoms with E-state index < -0.39 is 5.97 Å². The molecule has 7 nitrogen and oxygen atoms in total. The lowest BCUT2D eigenvalue weighted by atomic mass is 10.1. The van der Waals surface area contributed by atoms with Gasteiger partial charge in [-0.2, -0.15) is 0 Å². The number of hydrogen-bond acceptors (Lipinski definition) is 6. The van der Waals surface area contributed by atoms with Gasteiger partial charge in [0.1, 0.15) is 5.75 Å². The van der Waals surface area contributed by atoms with Crippen LogP contribution in [0.15, 0.2) is 24.4 Å². The summed E-state index contributed by atoms with van der Waals surface area (Å²) in [5.74, 6) is 0.0159. The van der Waals surface area contributed by atoms with Gasteiger partial charge in [-0.1, -0.05) is 0 Å². The summed E-state index contributed by atoms with van der Waals surface area (Å²) in [6.07, 6.45) is 3.22. The topological polar surface area (TPSA) is 77.8 Å². The van der Waals surface area contributed by atoms with Crippen molar-refractivity contribution in [3.05, 3.63) is 30.0 Å². The summed E-state index contributed by atoms with van der Waals surface area (Å²) in [4.78, 5) is 36.0. The number of rotatable bonds is 9. The van der Waals surface area contributed by atoms with Crippen LogP contribution in [0.5, 0.6) is 5.75 Å². The number of carbonyl (C=O) groups is 3. The second-order valence-corrected chi connectivity index (χ2v) is 6.29. The average molecular weight is 360 g/mol. The fourth-order valence-corrected chi connectivity index (χ4v) is 2.77. The molecule has 0 saturated heterocycles. The van der Waals surface area contributed by atoms with Crippen molar-refractivity contribution in [2.75, 3.05) is 27.7 Å². The fourth-order valence-electron chi connectivity index (χ4n) is 2.77. The molecule has 26 heavy (non-hydrogen) atoms. The first-order valence-corrected chi connectivity index (χ1v) is 8.45. The molecule has 0 aliphatic heterocycles. The smallest absolute Gasteiger partial charge is 0.313 e. The molecule has 0 N–H and O–H groups in total. The Hall–Kier alpha value is -2.67. The number of aromatic nitrogens is 1. The zero-order chi connectivity index (χ0) is 19.1. The van der Waals surface area contributed by atoms with E-state index in [1.54, 1.807) is 11.7 Å². The van der Waals surface area contributed by atoms with Gasteiger partial charge in [-0.3, -0.25) is 19.0 Å². The molecule has 0 saturated carbocycles. The zero-order valence-electron chi connectivity index (χ0n) is 15.4. The summed E-state index contributed by atoms with van der Waals surface area (Å²) >= 11 is 0. The van der Waals surface area contributed by atoms with Crippen LogP contribution in [-0.4, -0.2) is 55.6 Å². The van der Waals surface area contributed by atoms with Crippen LogP contribution in [0.2, 0.25) is 0 Å². The molecule has 140 valence electrons. The van der Waals surface area contributed by atoms with Crippen molar-refractivity contribution >= 4 is 29.3 Å². The van der Waals surface area contributed by atoms with Crippen molar-refractivity contribution in [2.45, 2.75) is 25.7 Å². The molecule has 0 aliphatic carbocycles. The summed E-state index contributed by atoms with van der Waals surface area (Å²) in [5, 5.41) is 0.986. The number of nitrogens with zero attached hydrogens (tertiary/aromatic N) is 2. The first-order chi connectivity index (χ1) is 12.5. The quantitative estimate of drug-likeness (QED) is 0.388. The van der Waals surface area contributed by atoms with E-state index in [9.17, 15) is 14.4 Å². The van der Waals surface area contributed by atoms with Crippen LogP contribution in [0.3, 0.4) is 0 Å². The lowest BCUT2D eigenvalue weighted by Gasteiger charge is -2.08. The highest BCUT2D eigenvalue weighted by atomic mass is 16.6. The average Bonchev–Trinajstić information content (AvgIpc) is 2.98. The molecule has 2 aromatic rings. The molecule has 1 aromatic heterocycles. The maximum absolute atomic E-state index is 12.6. The number of likely N-dealkylation sites (N-methyl/N-ethyl adjacent to an activating group) is 1. The highest BCUT2D eigenvalue weighted by molar-refractivity contribution is 5.95. The molecule has 0 unspecified atom stereocenters. The Bertz CT molecular complexity index is 795. The van der Waals surface area contributed by atoms with Gasteiger partial charge in [-0.25, -0.2) is 0 Å². The van der Waals surface area contributed by atoms with Crippen LogP contribution in [0.4, 0.5) is 0 Å². The Morgan fingerprint density at radius 3 is 2.65 bits per heavy atom. The first-order valence-electron chi connectivity index (χ1n) is 8.45. The van der Waals surface area contributed by atoms with E-state index >= 15 is 0 Å². The van der Waals surface area contributed by atoms with Gasteiger partial charge in [0.05, 0.1) is 12.6 Å². The van der Waals surface area contributed by atoms with Gasteiger partial charge in [-0.05, 0) is 50.7 Å². The van der Waals surface area contributed by atoms with Crippen LogP contribution in [0, 0.1) is 0 Å². The fraction of sp³-hybridized carbons (Fsp3) is 0.421. The maximum Gasteiger partial charge on any atom is 0.313 e. The van der Waals surface area contributed by atoms with Crippen LogP contribution >= 0.6 is 0 Å². The minimum atomic E-state index is -0.624. The number of esters is 1. The summed E-state index contributed by atoms with van der Waals surface area (Å²) in [5.41, 5.74) is 1.89. The van der Waals surface area contributed by atoms with E-state index in [-0.39, 0.29) is 25.2 Å². The Balaban J connectivity index is 2.21. The van der Waals surface area contributed by atoms with Crippen LogP contribution in [0.1, 0.15) is 29.6 Å². The number of methoxy groups -OCH3 is 1. The minimum absolute atomic E-state index is 0.0327. The molecule has 2 rings (SSSR count). The van der Waals surface area contributed by atoms with E-state index in [0.717, 1.165) is 35.2 Å². The molecule has 0 radical (unpaired) electrons. The van der Waals surface area contributed by atoms with E-state index in [1.807, 2.05) is 38.5 Å². The Labute approximate surface area is 152 Å². The molecule has 0 atom stereocenters. The van der Waals surface area contributed by atoms with E-state index in [4.69, 9.17) is 4.74 Å². The third-order valence-corrected chi connectivity index (χ3v) is 4.14. The molecule has 0 bridgehead atoms. The van der Waals surface area contributed by atoms with Gasteiger partial charge in [0.15, 0.2) is 0 Å². The zero-order valence-corrected chi connectivity index (χ0v) is 15.4. The molecule has 0 spiro atoms. The minimum Gasteiger partial charge on any atom is -0.497 e. The van der Waals surface area contributed by atoms with Crippen LogP contribution in [-0.2, 0) is 20.7 Å². The van der Waals surface area contributed by atoms with Crippen molar-refractivity contribution in [2.24, 2.45) is 0 Å². The lowest BCUT2D eigenvalue weighted by Crippen LogP contribution is -2.15. The third kappa shape index (κ3) is 4.92. The molecule has 0 aliphatic rings. The second-order valence-electron chi connectivity index (χ2n) is 6.29. The summed E-state index contributed by atoms with van der Waals surface area (Å²) in [6, 6.07) is 5.63. The number of carbonyl (C=O) groups excluding carboxylic acids is 3. The Morgan fingerprint density at radius 1 is 1.23 bits per heavy atom. The molecule has 1 heterocycles. The van der Waals surface area contributed by atoms with Crippen molar-refractivity contribution in [1.82, 2.24) is 9.47 Å². The SMILES string of the molecule is COc1ccc2c(c1)c(CCN(C)C)cn2C(=O)CCCC(=O)OC=O. The normalized spacial score (nSPS) is 10.9. The van der Waals surface area contributed by atoms with Gasteiger partial charge >= 0.3 is 12.4 Å². The Kier molecular flexibility index (Phi) is 6.91. The van der Waals surface area contributed by atoms with Crippen molar-refractivity contribution in [1.29, 1.82) is 0 Å². The number of fused-ring (bicyclic) bond motifs is 1. The second kappa shape index (κ2) is 9.15. The Morgan fingerprint density at radius 2 is 2.00 bits per heavy atom. The highest BCUT2D eigenvalue weighted by Crippen LogP contribution is 2.27. The van der Waals surface area contributed by atoms with Crippen molar-refractivity contribution < 1.29 is 23.9 Å². The molecular weight excluding hydrogens is 336 g/mol. The van der Waals surface area contributed by atoms with Crippen LogP contribution < -0.4 is 4.74 Å². The van der Waals surface area contributed by atoms with Crippen molar-refractivity contribution in [3.63, 3.8) is 0 Å². The molecule has 0 amide bonds. The molecule has 0 fully saturated rings. The van der Waals surface area contributed by atoms with Crippen LogP contribution in [0.25, 0.3) is 10.9 Å². The van der Waals surface area contributed by atoms with E-state index in [0.29, 0.717) is 6.42 Å². The molecule has 1 aromatic carbocycles. The van der Waals surface area contributed by atoms with Gasteiger partial charge in [0, 0.05) is 31.0 Å². The largest absolute Gasteiger partial charge is 0.497 e. The number of hydrogen-bond donors (Lipinski definition) is 0. The van der Waals surface area contributed by atoms with Crippen molar-refractivity contribution in [3.8, 4) is 5.75 Å². The van der Waals surface area contributed by atoms with E-state index in [1.165, 1.54) is 0 Å². The highest BCUT2D eigenvalue weighted by Gasteiger charge is 2.15. The standard InChI is InChI=1S/C19H24N2O5/c1-20(2)10-9-14-12-21(17-8-7-15(25-3)11-16(14)17)18(23)5-4-6-19(24)26-13-22/h7-8,11-13H,4-6,9-10H2,1-3H3. The summed E-state index contributed by atoms with van der Waals surface area (Å²) < 4.78 is 11.2. The van der Waals surface area contributed by atoms with Gasteiger partial charge in [-0.15, -0.1) is 0 Å². The number of ether oxygens (including phenoxy) is 2. The number of benzene rings is 1. The maximum atomic E-state index is 12.6. The van der Waals surface area contributed by atoms with E-state index in [2.05, 4.69) is 9.64 Å². The lowest BCUT2D eigenvalue weighted by molar-refractivity contribution is -0.151. The molecule has 7 heteroatoms. The third-order valence-electron chi connectivity index (χ3n) is 4.14. The molecular formula is C19H24N2O5. The monoisotopic (exact) mass is 360 g/mol.